The van der Waals surface area contributed by atoms with Crippen LogP contribution in [0.5, 0.6) is 0 Å². The molecule has 3 rings (SSSR count). The maximum atomic E-state index is 13.1. The Balaban J connectivity index is 1.92. The molecule has 1 heterocycles. The molecule has 2 aromatic carbocycles. The van der Waals surface area contributed by atoms with E-state index < -0.39 is 21.8 Å². The third kappa shape index (κ3) is 3.60. The summed E-state index contributed by atoms with van der Waals surface area (Å²) in [6, 6.07) is 10.4. The van der Waals surface area contributed by atoms with E-state index >= 15 is 0 Å². The van der Waals surface area contributed by atoms with Crippen molar-refractivity contribution in [3.8, 4) is 0 Å². The number of para-hydroxylation sites is 1. The molecule has 0 aliphatic rings. The lowest BCUT2D eigenvalue weighted by Crippen LogP contribution is -2.27. The highest BCUT2D eigenvalue weighted by atomic mass is 32.2. The summed E-state index contributed by atoms with van der Waals surface area (Å²) < 4.78 is 66.5. The molecule has 0 unspecified atom stereocenters. The second-order valence-corrected chi connectivity index (χ2v) is 8.97. The number of hydrogen-bond acceptors (Lipinski definition) is 4. The van der Waals surface area contributed by atoms with Crippen molar-refractivity contribution in [1.82, 2.24) is 9.29 Å². The van der Waals surface area contributed by atoms with Crippen LogP contribution in [-0.4, -0.2) is 24.8 Å². The van der Waals surface area contributed by atoms with Gasteiger partial charge in [0.25, 0.3) is 0 Å². The molecule has 0 atom stereocenters. The Morgan fingerprint density at radius 3 is 2.50 bits per heavy atom. The van der Waals surface area contributed by atoms with E-state index in [1.54, 1.807) is 0 Å². The maximum Gasteiger partial charge on any atom is 0.416 e. The first kappa shape index (κ1) is 18.8. The lowest BCUT2D eigenvalue weighted by atomic mass is 10.1. The van der Waals surface area contributed by atoms with Crippen LogP contribution >= 0.6 is 11.3 Å². The third-order valence-electron chi connectivity index (χ3n) is 3.92. The van der Waals surface area contributed by atoms with Crippen molar-refractivity contribution in [1.29, 1.82) is 0 Å². The molecule has 0 saturated carbocycles. The van der Waals surface area contributed by atoms with Gasteiger partial charge < -0.3 is 0 Å². The number of alkyl halides is 3. The van der Waals surface area contributed by atoms with E-state index in [9.17, 15) is 21.6 Å². The minimum absolute atomic E-state index is 0.0170. The van der Waals surface area contributed by atoms with Crippen LogP contribution in [0.4, 0.5) is 13.2 Å². The number of rotatable bonds is 4. The van der Waals surface area contributed by atoms with E-state index in [1.807, 2.05) is 24.3 Å². The van der Waals surface area contributed by atoms with Crippen molar-refractivity contribution in [2.75, 3.05) is 7.05 Å². The smallest absolute Gasteiger partial charge is 0.240 e. The summed E-state index contributed by atoms with van der Waals surface area (Å²) in [7, 11) is -2.75. The van der Waals surface area contributed by atoms with Gasteiger partial charge in [-0.25, -0.2) is 13.4 Å². The largest absolute Gasteiger partial charge is 0.416 e. The van der Waals surface area contributed by atoms with E-state index in [0.29, 0.717) is 11.1 Å². The maximum absolute atomic E-state index is 13.1. The SMILES string of the molecule is Cc1ccc(S(=O)(=O)N(C)Cc2nc3ccccc3s2)cc1C(F)(F)F. The number of aromatic nitrogens is 1. The molecule has 0 aliphatic carbocycles. The van der Waals surface area contributed by atoms with Crippen molar-refractivity contribution in [3.05, 3.63) is 58.6 Å². The first-order chi connectivity index (χ1) is 12.1. The highest BCUT2D eigenvalue weighted by Gasteiger charge is 2.34. The van der Waals surface area contributed by atoms with E-state index in [2.05, 4.69) is 4.98 Å². The Morgan fingerprint density at radius 2 is 1.85 bits per heavy atom. The summed E-state index contributed by atoms with van der Waals surface area (Å²) in [4.78, 5) is 3.97. The van der Waals surface area contributed by atoms with Gasteiger partial charge in [0.15, 0.2) is 0 Å². The van der Waals surface area contributed by atoms with Crippen molar-refractivity contribution in [2.45, 2.75) is 24.5 Å². The van der Waals surface area contributed by atoms with Crippen molar-refractivity contribution >= 4 is 31.6 Å². The summed E-state index contributed by atoms with van der Waals surface area (Å²) >= 11 is 1.35. The van der Waals surface area contributed by atoms with Gasteiger partial charge in [0.2, 0.25) is 10.0 Å². The van der Waals surface area contributed by atoms with Crippen molar-refractivity contribution < 1.29 is 21.6 Å². The number of sulfonamides is 1. The molecule has 0 bridgehead atoms. The Kier molecular flexibility index (Phi) is 4.80. The van der Waals surface area contributed by atoms with Crippen LogP contribution in [0.25, 0.3) is 10.2 Å². The topological polar surface area (TPSA) is 50.3 Å². The minimum atomic E-state index is -4.61. The Morgan fingerprint density at radius 1 is 1.15 bits per heavy atom. The fourth-order valence-electron chi connectivity index (χ4n) is 2.51. The molecule has 4 nitrogen and oxygen atoms in total. The second kappa shape index (κ2) is 6.64. The van der Waals surface area contributed by atoms with Gasteiger partial charge in [-0.05, 0) is 36.8 Å². The molecular weight excluding hydrogens is 385 g/mol. The zero-order valence-electron chi connectivity index (χ0n) is 13.9. The monoisotopic (exact) mass is 400 g/mol. The predicted molar refractivity (Wildman–Crippen MR) is 94.5 cm³/mol. The minimum Gasteiger partial charge on any atom is -0.240 e. The molecule has 9 heteroatoms. The normalized spacial score (nSPS) is 12.8. The van der Waals surface area contributed by atoms with Crippen LogP contribution in [0.2, 0.25) is 0 Å². The highest BCUT2D eigenvalue weighted by Crippen LogP contribution is 2.34. The predicted octanol–water partition coefficient (Wildman–Crippen LogP) is 4.44. The van der Waals surface area contributed by atoms with Crippen LogP contribution in [0, 0.1) is 6.92 Å². The first-order valence-electron chi connectivity index (χ1n) is 7.57. The van der Waals surface area contributed by atoms with E-state index in [0.717, 1.165) is 14.5 Å². The summed E-state index contributed by atoms with van der Waals surface area (Å²) in [5.41, 5.74) is -0.217. The van der Waals surface area contributed by atoms with Gasteiger partial charge in [-0.15, -0.1) is 11.3 Å². The highest BCUT2D eigenvalue weighted by molar-refractivity contribution is 7.89. The molecule has 3 aromatic rings. The number of thiazole rings is 1. The van der Waals surface area contributed by atoms with E-state index in [-0.39, 0.29) is 17.0 Å². The van der Waals surface area contributed by atoms with E-state index in [1.165, 1.54) is 37.4 Å². The lowest BCUT2D eigenvalue weighted by Gasteiger charge is -2.18. The molecule has 0 radical (unpaired) electrons. The van der Waals surface area contributed by atoms with Gasteiger partial charge in [-0.2, -0.15) is 17.5 Å². The Hall–Kier alpha value is -1.97. The van der Waals surface area contributed by atoms with Crippen LogP contribution in [0.3, 0.4) is 0 Å². The number of fused-ring (bicyclic) bond motifs is 1. The zero-order chi connectivity index (χ0) is 19.1. The van der Waals surface area contributed by atoms with E-state index in [4.69, 9.17) is 0 Å². The Labute approximate surface area is 153 Å². The number of benzene rings is 2. The van der Waals surface area contributed by atoms with Crippen LogP contribution < -0.4 is 0 Å². The first-order valence-corrected chi connectivity index (χ1v) is 9.83. The quantitative estimate of drug-likeness (QED) is 0.650. The summed E-state index contributed by atoms with van der Waals surface area (Å²) in [5, 5.41) is 0.570. The lowest BCUT2D eigenvalue weighted by molar-refractivity contribution is -0.138. The van der Waals surface area contributed by atoms with Gasteiger partial charge in [0.1, 0.15) is 5.01 Å². The number of aryl methyl sites for hydroxylation is 1. The summed E-state index contributed by atoms with van der Waals surface area (Å²) in [6.07, 6.45) is -4.61. The molecule has 1 aromatic heterocycles. The van der Waals surface area contributed by atoms with Crippen LogP contribution in [0.1, 0.15) is 16.1 Å². The molecule has 0 aliphatic heterocycles. The molecule has 0 N–H and O–H groups in total. The number of halogens is 3. The van der Waals surface area contributed by atoms with Gasteiger partial charge in [-0.3, -0.25) is 0 Å². The average Bonchev–Trinajstić information content (AvgIpc) is 2.96. The second-order valence-electron chi connectivity index (χ2n) is 5.81. The molecule has 0 fully saturated rings. The van der Waals surface area contributed by atoms with Crippen LogP contribution in [0.15, 0.2) is 47.4 Å². The standard InChI is InChI=1S/C17H15F3N2O2S2/c1-11-7-8-12(9-13(11)17(18,19)20)26(23,24)22(2)10-16-21-14-5-3-4-6-15(14)25-16/h3-9H,10H2,1-2H3. The van der Waals surface area contributed by atoms with Crippen molar-refractivity contribution in [2.24, 2.45) is 0 Å². The fraction of sp³-hybridized carbons (Fsp3) is 0.235. The molecular formula is C17H15F3N2O2S2. The van der Waals surface area contributed by atoms with Gasteiger partial charge in [0.05, 0.1) is 27.2 Å². The molecule has 138 valence electrons. The molecule has 0 saturated heterocycles. The van der Waals surface area contributed by atoms with Crippen molar-refractivity contribution in [3.63, 3.8) is 0 Å². The van der Waals surface area contributed by atoms with Gasteiger partial charge >= 0.3 is 6.18 Å². The average molecular weight is 400 g/mol. The zero-order valence-corrected chi connectivity index (χ0v) is 15.5. The number of nitrogens with zero attached hydrogens (tertiary/aromatic N) is 2. The van der Waals surface area contributed by atoms with Gasteiger partial charge in [-0.1, -0.05) is 18.2 Å². The summed E-state index contributed by atoms with van der Waals surface area (Å²) in [6.45, 7) is 1.28. The third-order valence-corrected chi connectivity index (χ3v) is 6.74. The summed E-state index contributed by atoms with van der Waals surface area (Å²) in [5.74, 6) is 0. The van der Waals surface area contributed by atoms with Gasteiger partial charge in [0, 0.05) is 7.05 Å². The Bertz CT molecular complexity index is 1030. The van der Waals surface area contributed by atoms with Crippen LogP contribution in [-0.2, 0) is 22.7 Å². The fourth-order valence-corrected chi connectivity index (χ4v) is 4.77. The number of hydrogen-bond donors (Lipinski definition) is 0. The molecule has 0 amide bonds. The molecule has 0 spiro atoms. The molecule has 26 heavy (non-hydrogen) atoms.